The fraction of sp³-hybridized carbons (Fsp3) is 0.0769. The van der Waals surface area contributed by atoms with Crippen molar-refractivity contribution in [1.82, 2.24) is 0 Å². The zero-order valence-electron chi connectivity index (χ0n) is 8.67. The number of nitro groups is 1. The topological polar surface area (TPSA) is 43.1 Å². The van der Waals surface area contributed by atoms with Crippen LogP contribution in [-0.2, 0) is 0 Å². The van der Waals surface area contributed by atoms with Crippen LogP contribution in [0, 0.1) is 10.1 Å². The predicted molar refractivity (Wildman–Crippen MR) is 64.0 cm³/mol. The predicted octanol–water partition coefficient (Wildman–Crippen LogP) is 3.49. The quantitative estimate of drug-likeness (QED) is 0.569. The molecular weight excluding hydrogens is 202 g/mol. The standard InChI is InChI=1S/C13H11NO2/c15-14(16)13-9-7-12(8-10-13)6-5-11-3-1-2-4-11/h1,3-10H,2H2/b6-5+. The number of hydrogen-bond donors (Lipinski definition) is 0. The Hall–Kier alpha value is -2.16. The van der Waals surface area contributed by atoms with Crippen molar-refractivity contribution in [2.45, 2.75) is 6.42 Å². The fourth-order valence-corrected chi connectivity index (χ4v) is 1.50. The molecule has 3 heteroatoms. The van der Waals surface area contributed by atoms with Crippen LogP contribution in [0.4, 0.5) is 5.69 Å². The van der Waals surface area contributed by atoms with E-state index in [1.54, 1.807) is 12.1 Å². The summed E-state index contributed by atoms with van der Waals surface area (Å²) in [4.78, 5) is 10.1. The molecule has 2 rings (SSSR count). The van der Waals surface area contributed by atoms with Crippen molar-refractivity contribution < 1.29 is 4.92 Å². The van der Waals surface area contributed by atoms with Gasteiger partial charge in [-0.1, -0.05) is 30.4 Å². The highest BCUT2D eigenvalue weighted by Gasteiger charge is 2.02. The second-order valence-electron chi connectivity index (χ2n) is 3.52. The van der Waals surface area contributed by atoms with Gasteiger partial charge < -0.3 is 0 Å². The van der Waals surface area contributed by atoms with Gasteiger partial charge in [0.2, 0.25) is 0 Å². The average Bonchev–Trinajstić information content (AvgIpc) is 2.80. The van der Waals surface area contributed by atoms with E-state index in [4.69, 9.17) is 0 Å². The number of non-ortho nitro benzene ring substituents is 1. The largest absolute Gasteiger partial charge is 0.269 e. The molecule has 0 saturated carbocycles. The van der Waals surface area contributed by atoms with E-state index in [9.17, 15) is 10.1 Å². The van der Waals surface area contributed by atoms with E-state index in [-0.39, 0.29) is 5.69 Å². The van der Waals surface area contributed by atoms with E-state index in [1.807, 2.05) is 12.2 Å². The van der Waals surface area contributed by atoms with E-state index in [0.29, 0.717) is 0 Å². The molecule has 0 bridgehead atoms. The van der Waals surface area contributed by atoms with Gasteiger partial charge in [-0.25, -0.2) is 0 Å². The van der Waals surface area contributed by atoms with Crippen molar-refractivity contribution in [2.75, 3.05) is 0 Å². The Morgan fingerprint density at radius 1 is 1.19 bits per heavy atom. The molecule has 0 atom stereocenters. The average molecular weight is 213 g/mol. The summed E-state index contributed by atoms with van der Waals surface area (Å²) in [5, 5.41) is 10.4. The highest BCUT2D eigenvalue weighted by molar-refractivity contribution is 5.56. The number of rotatable bonds is 3. The van der Waals surface area contributed by atoms with Crippen LogP contribution in [0.1, 0.15) is 12.0 Å². The molecule has 1 aromatic carbocycles. The Bertz CT molecular complexity index is 481. The third-order valence-electron chi connectivity index (χ3n) is 2.37. The summed E-state index contributed by atoms with van der Waals surface area (Å²) in [5.41, 5.74) is 2.27. The van der Waals surface area contributed by atoms with Crippen LogP contribution in [0.2, 0.25) is 0 Å². The van der Waals surface area contributed by atoms with E-state index in [2.05, 4.69) is 18.2 Å². The summed E-state index contributed by atoms with van der Waals surface area (Å²) in [5.74, 6) is 0. The van der Waals surface area contributed by atoms with E-state index in [1.165, 1.54) is 17.7 Å². The molecule has 16 heavy (non-hydrogen) atoms. The second kappa shape index (κ2) is 4.57. The third kappa shape index (κ3) is 2.45. The molecule has 80 valence electrons. The Morgan fingerprint density at radius 2 is 1.94 bits per heavy atom. The normalized spacial score (nSPS) is 14.4. The first kappa shape index (κ1) is 10.4. The molecule has 3 nitrogen and oxygen atoms in total. The molecule has 0 aromatic heterocycles. The number of nitrogens with zero attached hydrogens (tertiary/aromatic N) is 1. The summed E-state index contributed by atoms with van der Waals surface area (Å²) < 4.78 is 0. The van der Waals surface area contributed by atoms with Gasteiger partial charge in [0, 0.05) is 12.1 Å². The van der Waals surface area contributed by atoms with Crippen molar-refractivity contribution in [3.05, 3.63) is 69.8 Å². The first-order valence-corrected chi connectivity index (χ1v) is 5.05. The van der Waals surface area contributed by atoms with E-state index >= 15 is 0 Å². The van der Waals surface area contributed by atoms with Crippen LogP contribution < -0.4 is 0 Å². The minimum Gasteiger partial charge on any atom is -0.258 e. The molecule has 0 radical (unpaired) electrons. The molecule has 0 unspecified atom stereocenters. The zero-order chi connectivity index (χ0) is 11.4. The third-order valence-corrected chi connectivity index (χ3v) is 2.37. The van der Waals surface area contributed by atoms with Gasteiger partial charge in [0.05, 0.1) is 4.92 Å². The van der Waals surface area contributed by atoms with Crippen molar-refractivity contribution in [2.24, 2.45) is 0 Å². The van der Waals surface area contributed by atoms with Crippen molar-refractivity contribution in [1.29, 1.82) is 0 Å². The molecule has 0 amide bonds. The smallest absolute Gasteiger partial charge is 0.258 e. The lowest BCUT2D eigenvalue weighted by Gasteiger charge is -1.93. The maximum absolute atomic E-state index is 10.4. The Kier molecular flexibility index (Phi) is 2.96. The minimum atomic E-state index is -0.393. The lowest BCUT2D eigenvalue weighted by atomic mass is 10.1. The molecule has 1 aliphatic rings. The molecule has 1 aromatic rings. The van der Waals surface area contributed by atoms with Crippen LogP contribution in [0.3, 0.4) is 0 Å². The van der Waals surface area contributed by atoms with Crippen molar-refractivity contribution in [3.63, 3.8) is 0 Å². The molecular formula is C13H11NO2. The van der Waals surface area contributed by atoms with Crippen LogP contribution in [-0.4, -0.2) is 4.92 Å². The monoisotopic (exact) mass is 213 g/mol. The number of hydrogen-bond acceptors (Lipinski definition) is 2. The first-order valence-electron chi connectivity index (χ1n) is 5.05. The molecule has 1 aliphatic carbocycles. The fourth-order valence-electron chi connectivity index (χ4n) is 1.50. The maximum atomic E-state index is 10.4. The lowest BCUT2D eigenvalue weighted by Crippen LogP contribution is -1.86. The zero-order valence-corrected chi connectivity index (χ0v) is 8.67. The molecule has 0 saturated heterocycles. The lowest BCUT2D eigenvalue weighted by molar-refractivity contribution is -0.384. The van der Waals surface area contributed by atoms with Gasteiger partial charge in [-0.3, -0.25) is 10.1 Å². The van der Waals surface area contributed by atoms with Gasteiger partial charge in [0.1, 0.15) is 0 Å². The molecule has 0 N–H and O–H groups in total. The summed E-state index contributed by atoms with van der Waals surface area (Å²) in [6.45, 7) is 0. The summed E-state index contributed by atoms with van der Waals surface area (Å²) in [6, 6.07) is 6.51. The van der Waals surface area contributed by atoms with Crippen LogP contribution >= 0.6 is 0 Å². The van der Waals surface area contributed by atoms with Gasteiger partial charge >= 0.3 is 0 Å². The highest BCUT2D eigenvalue weighted by atomic mass is 16.6. The van der Waals surface area contributed by atoms with Crippen LogP contribution in [0.25, 0.3) is 6.08 Å². The van der Waals surface area contributed by atoms with Gasteiger partial charge in [-0.05, 0) is 29.7 Å². The van der Waals surface area contributed by atoms with Gasteiger partial charge in [0.25, 0.3) is 5.69 Å². The summed E-state index contributed by atoms with van der Waals surface area (Å²) >= 11 is 0. The summed E-state index contributed by atoms with van der Waals surface area (Å²) in [7, 11) is 0. The van der Waals surface area contributed by atoms with Crippen LogP contribution in [0.15, 0.2) is 54.1 Å². The number of allylic oxidation sites excluding steroid dienone is 5. The maximum Gasteiger partial charge on any atom is 0.269 e. The Labute approximate surface area is 93.6 Å². The van der Waals surface area contributed by atoms with Gasteiger partial charge in [-0.2, -0.15) is 0 Å². The number of benzene rings is 1. The molecule has 0 fully saturated rings. The van der Waals surface area contributed by atoms with Gasteiger partial charge in [0.15, 0.2) is 0 Å². The summed E-state index contributed by atoms with van der Waals surface area (Å²) in [6.07, 6.45) is 11.2. The Morgan fingerprint density at radius 3 is 2.50 bits per heavy atom. The van der Waals surface area contributed by atoms with Gasteiger partial charge in [-0.15, -0.1) is 0 Å². The molecule has 0 spiro atoms. The second-order valence-corrected chi connectivity index (χ2v) is 3.52. The minimum absolute atomic E-state index is 0.122. The van der Waals surface area contributed by atoms with E-state index < -0.39 is 4.92 Å². The van der Waals surface area contributed by atoms with Crippen LogP contribution in [0.5, 0.6) is 0 Å². The van der Waals surface area contributed by atoms with E-state index in [0.717, 1.165) is 12.0 Å². The molecule has 0 aliphatic heterocycles. The molecule has 0 heterocycles. The Balaban J connectivity index is 2.10. The van der Waals surface area contributed by atoms with Crippen molar-refractivity contribution in [3.8, 4) is 0 Å². The first-order chi connectivity index (χ1) is 7.75. The highest BCUT2D eigenvalue weighted by Crippen LogP contribution is 2.15. The SMILES string of the molecule is O=[N+]([O-])c1ccc(/C=C/C2=CCC=C2)cc1. The number of nitro benzene ring substituents is 1. The van der Waals surface area contributed by atoms with Crippen molar-refractivity contribution >= 4 is 11.8 Å².